The Kier molecular flexibility index (Phi) is 5.90. The minimum Gasteiger partial charge on any atom is -0.480 e. The lowest BCUT2D eigenvalue weighted by Crippen LogP contribution is -2.44. The molecule has 0 saturated carbocycles. The van der Waals surface area contributed by atoms with Crippen molar-refractivity contribution in [1.82, 2.24) is 5.32 Å². The number of rotatable bonds is 6. The van der Waals surface area contributed by atoms with Crippen LogP contribution in [-0.2, 0) is 9.59 Å². The fraction of sp³-hybridized carbons (Fsp3) is 0.333. The van der Waals surface area contributed by atoms with Crippen LogP contribution in [0.15, 0.2) is 30.3 Å². The van der Waals surface area contributed by atoms with E-state index in [4.69, 9.17) is 5.11 Å². The Balaban J connectivity index is 2.50. The fourth-order valence-corrected chi connectivity index (χ4v) is 1.62. The van der Waals surface area contributed by atoms with Gasteiger partial charge in [0.15, 0.2) is 0 Å². The smallest absolute Gasteiger partial charge is 0.326 e. The van der Waals surface area contributed by atoms with E-state index in [0.29, 0.717) is 0 Å². The zero-order valence-corrected chi connectivity index (χ0v) is 11.5. The van der Waals surface area contributed by atoms with Crippen LogP contribution in [0, 0.1) is 11.7 Å². The number of amides is 1. The number of carboxylic acids is 1. The van der Waals surface area contributed by atoms with Crippen molar-refractivity contribution in [3.63, 3.8) is 0 Å². The van der Waals surface area contributed by atoms with E-state index in [9.17, 15) is 14.0 Å². The molecule has 4 nitrogen and oxygen atoms in total. The molecule has 1 rings (SSSR count). The Labute approximate surface area is 117 Å². The normalized spacial score (nSPS) is 12.6. The predicted octanol–water partition coefficient (Wildman–Crippen LogP) is 2.45. The van der Waals surface area contributed by atoms with Gasteiger partial charge < -0.3 is 10.4 Å². The molecule has 1 amide bonds. The Morgan fingerprint density at radius 3 is 2.40 bits per heavy atom. The van der Waals surface area contributed by atoms with Crippen LogP contribution in [0.5, 0.6) is 0 Å². The molecule has 0 heterocycles. The van der Waals surface area contributed by atoms with Gasteiger partial charge >= 0.3 is 5.97 Å². The summed E-state index contributed by atoms with van der Waals surface area (Å²) in [6, 6.07) is 4.97. The first-order valence-corrected chi connectivity index (χ1v) is 6.34. The van der Waals surface area contributed by atoms with Crippen LogP contribution >= 0.6 is 0 Å². The number of carbonyl (C=O) groups is 2. The molecule has 0 aromatic heterocycles. The summed E-state index contributed by atoms with van der Waals surface area (Å²) in [5.74, 6) is -1.90. The highest BCUT2D eigenvalue weighted by Crippen LogP contribution is 2.06. The Morgan fingerprint density at radius 1 is 1.30 bits per heavy atom. The Morgan fingerprint density at radius 2 is 1.90 bits per heavy atom. The second kappa shape index (κ2) is 7.43. The summed E-state index contributed by atoms with van der Waals surface area (Å²) < 4.78 is 12.7. The molecule has 1 aromatic rings. The van der Waals surface area contributed by atoms with E-state index < -0.39 is 12.0 Å². The van der Waals surface area contributed by atoms with Crippen molar-refractivity contribution in [2.45, 2.75) is 26.3 Å². The van der Waals surface area contributed by atoms with Crippen molar-refractivity contribution in [1.29, 1.82) is 0 Å². The maximum absolute atomic E-state index is 12.7. The van der Waals surface area contributed by atoms with Crippen LogP contribution in [0.3, 0.4) is 0 Å². The minimum atomic E-state index is -1.05. The van der Waals surface area contributed by atoms with Crippen molar-refractivity contribution in [3.05, 3.63) is 41.7 Å². The summed E-state index contributed by atoms with van der Waals surface area (Å²) in [6.45, 7) is 3.46. The summed E-state index contributed by atoms with van der Waals surface area (Å²) in [5.41, 5.74) is 0.776. The number of nitrogens with one attached hydrogen (secondary N) is 1. The summed E-state index contributed by atoms with van der Waals surface area (Å²) in [7, 11) is 0. The van der Waals surface area contributed by atoms with E-state index >= 15 is 0 Å². The van der Waals surface area contributed by atoms with E-state index in [-0.39, 0.29) is 24.1 Å². The predicted molar refractivity (Wildman–Crippen MR) is 74.5 cm³/mol. The van der Waals surface area contributed by atoms with Gasteiger partial charge in [-0.2, -0.15) is 0 Å². The molecule has 0 radical (unpaired) electrons. The molecule has 20 heavy (non-hydrogen) atoms. The number of hydrogen-bond acceptors (Lipinski definition) is 2. The molecule has 0 fully saturated rings. The first-order valence-electron chi connectivity index (χ1n) is 6.34. The lowest BCUT2D eigenvalue weighted by molar-refractivity contribution is -0.143. The first kappa shape index (κ1) is 15.9. The first-order chi connectivity index (χ1) is 9.40. The van der Waals surface area contributed by atoms with E-state index in [0.717, 1.165) is 5.56 Å². The summed E-state index contributed by atoms with van der Waals surface area (Å²) in [6.07, 6.45) is 3.37. The van der Waals surface area contributed by atoms with Crippen molar-refractivity contribution in [2.24, 2.45) is 5.92 Å². The van der Waals surface area contributed by atoms with Gasteiger partial charge in [0.25, 0.3) is 0 Å². The number of halogens is 1. The lowest BCUT2D eigenvalue weighted by atomic mass is 10.0. The van der Waals surface area contributed by atoms with Crippen LogP contribution in [0.25, 0.3) is 6.08 Å². The second-order valence-corrected chi connectivity index (χ2v) is 4.79. The standard InChI is InChI=1S/C15H18FNO3/c1-10(2)14(15(19)20)17-13(18)5-3-4-11-6-8-12(16)9-7-11/h3-4,6-10,14H,5H2,1-2H3,(H,17,18)(H,19,20)/b4-3+/t14-/m1/s1. The third-order valence-corrected chi connectivity index (χ3v) is 2.73. The Bertz CT molecular complexity index is 494. The number of benzene rings is 1. The molecular weight excluding hydrogens is 261 g/mol. The van der Waals surface area contributed by atoms with Crippen molar-refractivity contribution in [3.8, 4) is 0 Å². The zero-order valence-electron chi connectivity index (χ0n) is 11.5. The molecule has 0 aliphatic heterocycles. The maximum Gasteiger partial charge on any atom is 0.326 e. The molecule has 0 aliphatic rings. The molecule has 2 N–H and O–H groups in total. The van der Waals surface area contributed by atoms with E-state index in [1.807, 2.05) is 0 Å². The van der Waals surface area contributed by atoms with Gasteiger partial charge in [0.05, 0.1) is 0 Å². The van der Waals surface area contributed by atoms with Crippen LogP contribution in [0.1, 0.15) is 25.8 Å². The number of carbonyl (C=O) groups excluding carboxylic acids is 1. The fourth-order valence-electron chi connectivity index (χ4n) is 1.62. The van der Waals surface area contributed by atoms with Gasteiger partial charge in [0.1, 0.15) is 11.9 Å². The minimum absolute atomic E-state index is 0.0773. The van der Waals surface area contributed by atoms with Gasteiger partial charge in [-0.05, 0) is 23.6 Å². The van der Waals surface area contributed by atoms with E-state index in [2.05, 4.69) is 5.32 Å². The van der Waals surface area contributed by atoms with Gasteiger partial charge in [0, 0.05) is 6.42 Å². The van der Waals surface area contributed by atoms with Gasteiger partial charge in [0.2, 0.25) is 5.91 Å². The van der Waals surface area contributed by atoms with E-state index in [1.54, 1.807) is 38.1 Å². The third-order valence-electron chi connectivity index (χ3n) is 2.73. The van der Waals surface area contributed by atoms with Crippen LogP contribution in [0.4, 0.5) is 4.39 Å². The quantitative estimate of drug-likeness (QED) is 0.840. The molecule has 5 heteroatoms. The van der Waals surface area contributed by atoms with Gasteiger partial charge in [-0.15, -0.1) is 0 Å². The van der Waals surface area contributed by atoms with Crippen molar-refractivity contribution < 1.29 is 19.1 Å². The topological polar surface area (TPSA) is 66.4 Å². The SMILES string of the molecule is CC(C)[C@@H](NC(=O)C/C=C/c1ccc(F)cc1)C(=O)O. The van der Waals surface area contributed by atoms with E-state index in [1.165, 1.54) is 12.1 Å². The van der Waals surface area contributed by atoms with Gasteiger partial charge in [-0.1, -0.05) is 38.1 Å². The van der Waals surface area contributed by atoms with Crippen LogP contribution in [0.2, 0.25) is 0 Å². The molecule has 108 valence electrons. The molecule has 1 aromatic carbocycles. The molecule has 0 unspecified atom stereocenters. The molecular formula is C15H18FNO3. The second-order valence-electron chi connectivity index (χ2n) is 4.79. The van der Waals surface area contributed by atoms with Crippen molar-refractivity contribution >= 4 is 18.0 Å². The van der Waals surface area contributed by atoms with Crippen LogP contribution < -0.4 is 5.32 Å². The largest absolute Gasteiger partial charge is 0.480 e. The highest BCUT2D eigenvalue weighted by atomic mass is 19.1. The number of aliphatic carboxylic acids is 1. The number of hydrogen-bond donors (Lipinski definition) is 2. The summed E-state index contributed by atoms with van der Waals surface area (Å²) in [5, 5.41) is 11.4. The zero-order chi connectivity index (χ0) is 15.1. The Hall–Kier alpha value is -2.17. The highest BCUT2D eigenvalue weighted by Gasteiger charge is 2.22. The monoisotopic (exact) mass is 279 g/mol. The van der Waals surface area contributed by atoms with Crippen LogP contribution in [-0.4, -0.2) is 23.0 Å². The van der Waals surface area contributed by atoms with Crippen molar-refractivity contribution in [2.75, 3.05) is 0 Å². The molecule has 0 saturated heterocycles. The third kappa shape index (κ3) is 5.22. The summed E-state index contributed by atoms with van der Waals surface area (Å²) >= 11 is 0. The molecule has 0 spiro atoms. The molecule has 1 atom stereocenters. The summed E-state index contributed by atoms with van der Waals surface area (Å²) in [4.78, 5) is 22.6. The molecule has 0 aliphatic carbocycles. The lowest BCUT2D eigenvalue weighted by Gasteiger charge is -2.17. The maximum atomic E-state index is 12.7. The molecule has 0 bridgehead atoms. The average molecular weight is 279 g/mol. The van der Waals surface area contributed by atoms with Gasteiger partial charge in [-0.3, -0.25) is 4.79 Å². The number of carboxylic acid groups (broad SMARTS) is 1. The highest BCUT2D eigenvalue weighted by molar-refractivity contribution is 5.84. The average Bonchev–Trinajstić information content (AvgIpc) is 2.37. The van der Waals surface area contributed by atoms with Gasteiger partial charge in [-0.25, -0.2) is 9.18 Å².